The Labute approximate surface area is 66.6 Å². The van der Waals surface area contributed by atoms with Crippen molar-refractivity contribution in [1.29, 1.82) is 0 Å². The first-order chi connectivity index (χ1) is 4.88. The van der Waals surface area contributed by atoms with Crippen LogP contribution in [0.25, 0.3) is 5.65 Å². The van der Waals surface area contributed by atoms with E-state index in [2.05, 4.69) is 20.9 Å². The highest BCUT2D eigenvalue weighted by atomic mass is 79.9. The lowest BCUT2D eigenvalue weighted by Gasteiger charge is -1.93. The minimum atomic E-state index is 0.967. The van der Waals surface area contributed by atoms with E-state index in [4.69, 9.17) is 0 Å². The van der Waals surface area contributed by atoms with Gasteiger partial charge in [-0.15, -0.1) is 0 Å². The van der Waals surface area contributed by atoms with Gasteiger partial charge in [-0.25, -0.2) is 4.98 Å². The topological polar surface area (TPSA) is 17.3 Å². The third kappa shape index (κ3) is 0.743. The van der Waals surface area contributed by atoms with Crippen molar-refractivity contribution in [2.75, 3.05) is 0 Å². The first-order valence-corrected chi connectivity index (χ1v) is 3.75. The zero-order valence-electron chi connectivity index (χ0n) is 5.16. The number of nitrogens with zero attached hydrogens (tertiary/aromatic N) is 2. The van der Waals surface area contributed by atoms with Crippen molar-refractivity contribution in [3.05, 3.63) is 35.2 Å². The zero-order chi connectivity index (χ0) is 6.97. The molecule has 0 bridgehead atoms. The molecule has 0 aliphatic carbocycles. The molecule has 10 heavy (non-hydrogen) atoms. The molecule has 2 heterocycles. The van der Waals surface area contributed by atoms with Gasteiger partial charge >= 0.3 is 0 Å². The van der Waals surface area contributed by atoms with Gasteiger partial charge in [-0.1, -0.05) is 6.07 Å². The molecule has 0 saturated heterocycles. The molecule has 0 fully saturated rings. The zero-order valence-corrected chi connectivity index (χ0v) is 6.75. The summed E-state index contributed by atoms with van der Waals surface area (Å²) in [5.74, 6) is 0. The number of hydrogen-bond acceptors (Lipinski definition) is 1. The van der Waals surface area contributed by atoms with Gasteiger partial charge in [0, 0.05) is 12.4 Å². The Bertz CT molecular complexity index is 353. The molecule has 0 spiro atoms. The van der Waals surface area contributed by atoms with Crippen molar-refractivity contribution in [2.24, 2.45) is 0 Å². The maximum Gasteiger partial charge on any atom is 0.137 e. The van der Waals surface area contributed by atoms with E-state index in [1.54, 1.807) is 6.20 Å². The molecule has 0 aliphatic rings. The third-order valence-corrected chi connectivity index (χ3v) is 2.02. The van der Waals surface area contributed by atoms with Crippen LogP contribution >= 0.6 is 15.9 Å². The lowest BCUT2D eigenvalue weighted by Crippen LogP contribution is -1.82. The average molecular weight is 197 g/mol. The molecule has 0 radical (unpaired) electrons. The van der Waals surface area contributed by atoms with Gasteiger partial charge in [0.05, 0.1) is 4.60 Å². The van der Waals surface area contributed by atoms with Crippen LogP contribution in [0.3, 0.4) is 0 Å². The quantitative estimate of drug-likeness (QED) is 0.591. The van der Waals surface area contributed by atoms with E-state index in [1.165, 1.54) is 0 Å². The van der Waals surface area contributed by atoms with E-state index in [0.717, 1.165) is 10.3 Å². The Balaban J connectivity index is 2.95. The van der Waals surface area contributed by atoms with Crippen LogP contribution in [-0.2, 0) is 0 Å². The number of pyridine rings is 1. The van der Waals surface area contributed by atoms with E-state index in [1.807, 2.05) is 28.8 Å². The summed E-state index contributed by atoms with van der Waals surface area (Å²) in [5.41, 5.74) is 0.967. The van der Waals surface area contributed by atoms with Crippen LogP contribution in [0.2, 0.25) is 0 Å². The summed E-state index contributed by atoms with van der Waals surface area (Å²) in [6.45, 7) is 0. The molecule has 0 unspecified atom stereocenters. The summed E-state index contributed by atoms with van der Waals surface area (Å²) in [4.78, 5) is 4.11. The minimum Gasteiger partial charge on any atom is -0.294 e. The highest BCUT2D eigenvalue weighted by Gasteiger charge is 1.93. The predicted octanol–water partition coefficient (Wildman–Crippen LogP) is 2.10. The van der Waals surface area contributed by atoms with E-state index in [-0.39, 0.29) is 0 Å². The van der Waals surface area contributed by atoms with E-state index in [9.17, 15) is 0 Å². The Hall–Kier alpha value is -0.830. The molecule has 2 nitrogen and oxygen atoms in total. The summed E-state index contributed by atoms with van der Waals surface area (Å²) >= 11 is 3.40. The Morgan fingerprint density at radius 2 is 2.30 bits per heavy atom. The molecule has 0 aliphatic heterocycles. The van der Waals surface area contributed by atoms with Crippen LogP contribution in [0.15, 0.2) is 35.2 Å². The van der Waals surface area contributed by atoms with E-state index < -0.39 is 0 Å². The SMILES string of the molecule is Brc1cccc2nccn12. The van der Waals surface area contributed by atoms with E-state index >= 15 is 0 Å². The number of halogens is 1. The Morgan fingerprint density at radius 3 is 3.10 bits per heavy atom. The Morgan fingerprint density at radius 1 is 1.40 bits per heavy atom. The number of hydrogen-bond donors (Lipinski definition) is 0. The lowest BCUT2D eigenvalue weighted by molar-refractivity contribution is 1.14. The van der Waals surface area contributed by atoms with Gasteiger partial charge in [-0.2, -0.15) is 0 Å². The van der Waals surface area contributed by atoms with Crippen molar-refractivity contribution in [3.8, 4) is 0 Å². The third-order valence-electron chi connectivity index (χ3n) is 1.38. The molecule has 2 aromatic heterocycles. The fourth-order valence-corrected chi connectivity index (χ4v) is 1.37. The molecule has 0 amide bonds. The molecule has 0 saturated carbocycles. The van der Waals surface area contributed by atoms with Crippen molar-refractivity contribution < 1.29 is 0 Å². The largest absolute Gasteiger partial charge is 0.294 e. The van der Waals surface area contributed by atoms with Crippen molar-refractivity contribution in [2.45, 2.75) is 0 Å². The summed E-state index contributed by atoms with van der Waals surface area (Å²) in [6, 6.07) is 5.91. The number of imidazole rings is 1. The standard InChI is InChI=1S/C7H5BrN2/c8-6-2-1-3-7-9-4-5-10(6)7/h1-5H. The first-order valence-electron chi connectivity index (χ1n) is 2.95. The van der Waals surface area contributed by atoms with Crippen LogP contribution in [-0.4, -0.2) is 9.38 Å². The average Bonchev–Trinajstić information content (AvgIpc) is 2.36. The maximum absolute atomic E-state index is 4.11. The molecule has 0 atom stereocenters. The first kappa shape index (κ1) is 5.92. The molecule has 50 valence electrons. The van der Waals surface area contributed by atoms with Crippen LogP contribution in [0.5, 0.6) is 0 Å². The van der Waals surface area contributed by atoms with Gasteiger partial charge in [0.15, 0.2) is 0 Å². The van der Waals surface area contributed by atoms with Gasteiger partial charge in [-0.3, -0.25) is 4.40 Å². The fraction of sp³-hybridized carbons (Fsp3) is 0. The smallest absolute Gasteiger partial charge is 0.137 e. The van der Waals surface area contributed by atoms with Crippen molar-refractivity contribution >= 4 is 21.6 Å². The Kier molecular flexibility index (Phi) is 1.24. The highest BCUT2D eigenvalue weighted by Crippen LogP contribution is 2.10. The highest BCUT2D eigenvalue weighted by molar-refractivity contribution is 9.10. The monoisotopic (exact) mass is 196 g/mol. The second-order valence-electron chi connectivity index (χ2n) is 2.00. The fourth-order valence-electron chi connectivity index (χ4n) is 0.913. The summed E-state index contributed by atoms with van der Waals surface area (Å²) < 4.78 is 3.00. The van der Waals surface area contributed by atoms with E-state index in [0.29, 0.717) is 0 Å². The summed E-state index contributed by atoms with van der Waals surface area (Å²) in [6.07, 6.45) is 3.69. The predicted molar refractivity (Wildman–Crippen MR) is 42.9 cm³/mol. The maximum atomic E-state index is 4.11. The van der Waals surface area contributed by atoms with Gasteiger partial charge < -0.3 is 0 Å². The van der Waals surface area contributed by atoms with Crippen LogP contribution < -0.4 is 0 Å². The molecule has 0 N–H and O–H groups in total. The number of fused-ring (bicyclic) bond motifs is 1. The second-order valence-corrected chi connectivity index (χ2v) is 2.82. The molecule has 0 aromatic carbocycles. The van der Waals surface area contributed by atoms with Gasteiger partial charge in [-0.05, 0) is 28.1 Å². The van der Waals surface area contributed by atoms with Gasteiger partial charge in [0.25, 0.3) is 0 Å². The molecular weight excluding hydrogens is 192 g/mol. The normalized spacial score (nSPS) is 10.5. The molecule has 2 aromatic rings. The van der Waals surface area contributed by atoms with Gasteiger partial charge in [0.1, 0.15) is 5.65 Å². The van der Waals surface area contributed by atoms with Crippen LogP contribution in [0.4, 0.5) is 0 Å². The summed E-state index contributed by atoms with van der Waals surface area (Å²) in [7, 11) is 0. The van der Waals surface area contributed by atoms with Crippen molar-refractivity contribution in [1.82, 2.24) is 9.38 Å². The lowest BCUT2D eigenvalue weighted by atomic mass is 10.5. The van der Waals surface area contributed by atoms with Crippen LogP contribution in [0.1, 0.15) is 0 Å². The van der Waals surface area contributed by atoms with Crippen LogP contribution in [0, 0.1) is 0 Å². The molecule has 3 heteroatoms. The van der Waals surface area contributed by atoms with Gasteiger partial charge in [0.2, 0.25) is 0 Å². The summed E-state index contributed by atoms with van der Waals surface area (Å²) in [5, 5.41) is 0. The second kappa shape index (κ2) is 2.09. The molecule has 2 rings (SSSR count). The van der Waals surface area contributed by atoms with Crippen molar-refractivity contribution in [3.63, 3.8) is 0 Å². The number of rotatable bonds is 0. The number of aromatic nitrogens is 2. The molecular formula is C7H5BrN2. The minimum absolute atomic E-state index is 0.967.